The van der Waals surface area contributed by atoms with Crippen molar-refractivity contribution in [3.8, 4) is 0 Å². The van der Waals surface area contributed by atoms with E-state index >= 15 is 0 Å². The van der Waals surface area contributed by atoms with Gasteiger partial charge < -0.3 is 15.3 Å². The van der Waals surface area contributed by atoms with Crippen molar-refractivity contribution in [1.82, 2.24) is 4.98 Å². The molecule has 0 aliphatic carbocycles. The van der Waals surface area contributed by atoms with Crippen LogP contribution in [0, 0.1) is 5.82 Å². The first-order valence-electron chi connectivity index (χ1n) is 4.30. The van der Waals surface area contributed by atoms with Gasteiger partial charge in [0.2, 0.25) is 0 Å². The topological polar surface area (TPSA) is 90.7 Å². The second-order valence-corrected chi connectivity index (χ2v) is 3.51. The van der Waals surface area contributed by atoms with Gasteiger partial charge in [-0.2, -0.15) is 0 Å². The highest BCUT2D eigenvalue weighted by Crippen LogP contribution is 2.21. The van der Waals surface area contributed by atoms with Crippen molar-refractivity contribution in [1.29, 1.82) is 0 Å². The molecule has 0 spiro atoms. The monoisotopic (exact) mass is 249 g/mol. The van der Waals surface area contributed by atoms with Crippen LogP contribution in [0.25, 0.3) is 0 Å². The van der Waals surface area contributed by atoms with Crippen LogP contribution in [0.2, 0.25) is 5.15 Å². The SMILES string of the molecule is O=C(O)CC(O)C(O)c1cnc(Cl)c(F)c1. The van der Waals surface area contributed by atoms with Gasteiger partial charge in [0, 0.05) is 11.8 Å². The van der Waals surface area contributed by atoms with Gasteiger partial charge in [0.25, 0.3) is 0 Å². The fourth-order valence-electron chi connectivity index (χ4n) is 1.11. The van der Waals surface area contributed by atoms with E-state index in [9.17, 15) is 19.4 Å². The number of halogens is 2. The van der Waals surface area contributed by atoms with E-state index in [1.807, 2.05) is 0 Å². The number of aliphatic hydroxyl groups is 2. The molecule has 0 aliphatic rings. The van der Waals surface area contributed by atoms with Gasteiger partial charge in [-0.3, -0.25) is 4.79 Å². The van der Waals surface area contributed by atoms with Gasteiger partial charge in [0.05, 0.1) is 12.5 Å². The van der Waals surface area contributed by atoms with Gasteiger partial charge >= 0.3 is 5.97 Å². The predicted octanol–water partition coefficient (Wildman–Crippen LogP) is 0.743. The number of rotatable bonds is 4. The van der Waals surface area contributed by atoms with E-state index in [1.54, 1.807) is 0 Å². The third kappa shape index (κ3) is 3.13. The molecule has 16 heavy (non-hydrogen) atoms. The summed E-state index contributed by atoms with van der Waals surface area (Å²) in [5, 5.41) is 26.8. The minimum absolute atomic E-state index is 0.0318. The molecule has 1 aromatic rings. The summed E-state index contributed by atoms with van der Waals surface area (Å²) in [6.07, 6.45) is -2.62. The summed E-state index contributed by atoms with van der Waals surface area (Å²) >= 11 is 5.32. The molecule has 0 fully saturated rings. The van der Waals surface area contributed by atoms with Crippen molar-refractivity contribution >= 4 is 17.6 Å². The van der Waals surface area contributed by atoms with Crippen molar-refractivity contribution in [2.45, 2.75) is 18.6 Å². The fraction of sp³-hybridized carbons (Fsp3) is 0.333. The average Bonchev–Trinajstić information content (AvgIpc) is 2.20. The lowest BCUT2D eigenvalue weighted by molar-refractivity contribution is -0.141. The number of carboxylic acids is 1. The van der Waals surface area contributed by atoms with E-state index < -0.39 is 30.4 Å². The molecule has 3 N–H and O–H groups in total. The lowest BCUT2D eigenvalue weighted by Gasteiger charge is -2.16. The number of carboxylic acid groups (broad SMARTS) is 1. The standard InChI is InChI=1S/C9H9ClFNO4/c10-9-5(11)1-4(3-12-9)8(16)6(13)2-7(14)15/h1,3,6,8,13,16H,2H2,(H,14,15). The number of aliphatic hydroxyl groups excluding tert-OH is 2. The fourth-order valence-corrected chi connectivity index (χ4v) is 1.21. The number of hydrogen-bond donors (Lipinski definition) is 3. The smallest absolute Gasteiger partial charge is 0.306 e. The van der Waals surface area contributed by atoms with Crippen LogP contribution in [0.4, 0.5) is 4.39 Å². The molecule has 2 atom stereocenters. The Labute approximate surface area is 95.1 Å². The highest BCUT2D eigenvalue weighted by Gasteiger charge is 2.22. The Balaban J connectivity index is 2.83. The van der Waals surface area contributed by atoms with Crippen LogP contribution in [0.15, 0.2) is 12.3 Å². The van der Waals surface area contributed by atoms with E-state index in [-0.39, 0.29) is 10.7 Å². The quantitative estimate of drug-likeness (QED) is 0.685. The molecule has 2 unspecified atom stereocenters. The van der Waals surface area contributed by atoms with Crippen LogP contribution < -0.4 is 0 Å². The Morgan fingerprint density at radius 1 is 1.56 bits per heavy atom. The lowest BCUT2D eigenvalue weighted by Crippen LogP contribution is -2.22. The van der Waals surface area contributed by atoms with Crippen molar-refractivity contribution < 1.29 is 24.5 Å². The van der Waals surface area contributed by atoms with Crippen LogP contribution in [0.3, 0.4) is 0 Å². The summed E-state index contributed by atoms with van der Waals surface area (Å²) < 4.78 is 13.0. The van der Waals surface area contributed by atoms with Crippen molar-refractivity contribution in [2.75, 3.05) is 0 Å². The molecule has 0 amide bonds. The molecule has 1 rings (SSSR count). The second-order valence-electron chi connectivity index (χ2n) is 3.15. The predicted molar refractivity (Wildman–Crippen MR) is 52.4 cm³/mol. The van der Waals surface area contributed by atoms with Crippen molar-refractivity contribution in [2.24, 2.45) is 0 Å². The molecule has 7 heteroatoms. The molecule has 1 heterocycles. The molecule has 5 nitrogen and oxygen atoms in total. The summed E-state index contributed by atoms with van der Waals surface area (Å²) in [4.78, 5) is 13.7. The van der Waals surface area contributed by atoms with Crippen LogP contribution in [-0.2, 0) is 4.79 Å². The van der Waals surface area contributed by atoms with Crippen LogP contribution in [0.1, 0.15) is 18.1 Å². The molecule has 0 saturated carbocycles. The van der Waals surface area contributed by atoms with Crippen LogP contribution in [0.5, 0.6) is 0 Å². The molecular weight excluding hydrogens is 241 g/mol. The maximum Gasteiger partial charge on any atom is 0.306 e. The van der Waals surface area contributed by atoms with E-state index in [2.05, 4.69) is 4.98 Å². The van der Waals surface area contributed by atoms with Crippen LogP contribution >= 0.6 is 11.6 Å². The Kier molecular flexibility index (Phi) is 4.17. The number of hydrogen-bond acceptors (Lipinski definition) is 4. The molecule has 88 valence electrons. The van der Waals surface area contributed by atoms with E-state index in [1.165, 1.54) is 0 Å². The highest BCUT2D eigenvalue weighted by atomic mass is 35.5. The Morgan fingerprint density at radius 3 is 2.69 bits per heavy atom. The van der Waals surface area contributed by atoms with Gasteiger partial charge in [0.1, 0.15) is 6.10 Å². The molecule has 0 saturated heterocycles. The van der Waals surface area contributed by atoms with E-state index in [0.29, 0.717) is 0 Å². The third-order valence-electron chi connectivity index (χ3n) is 1.91. The average molecular weight is 250 g/mol. The van der Waals surface area contributed by atoms with E-state index in [4.69, 9.17) is 16.7 Å². The molecule has 0 aromatic carbocycles. The molecule has 1 aromatic heterocycles. The zero-order chi connectivity index (χ0) is 12.3. The number of carbonyl (C=O) groups is 1. The number of pyridine rings is 1. The van der Waals surface area contributed by atoms with Gasteiger partial charge in [-0.25, -0.2) is 9.37 Å². The minimum Gasteiger partial charge on any atom is -0.481 e. The van der Waals surface area contributed by atoms with Crippen molar-refractivity contribution in [3.63, 3.8) is 0 Å². The number of aromatic nitrogens is 1. The van der Waals surface area contributed by atoms with Gasteiger partial charge in [-0.1, -0.05) is 11.6 Å². The molecule has 0 bridgehead atoms. The highest BCUT2D eigenvalue weighted by molar-refractivity contribution is 6.29. The third-order valence-corrected chi connectivity index (χ3v) is 2.19. The zero-order valence-corrected chi connectivity index (χ0v) is 8.73. The Bertz CT molecular complexity index is 401. The van der Waals surface area contributed by atoms with Crippen LogP contribution in [-0.4, -0.2) is 32.4 Å². The van der Waals surface area contributed by atoms with Gasteiger partial charge in [0.15, 0.2) is 11.0 Å². The second kappa shape index (κ2) is 5.20. The maximum absolute atomic E-state index is 13.0. The first-order chi connectivity index (χ1) is 7.41. The summed E-state index contributed by atoms with van der Waals surface area (Å²) in [6.45, 7) is 0. The minimum atomic E-state index is -1.53. The normalized spacial score (nSPS) is 14.5. The molecule has 0 aliphatic heterocycles. The Hall–Kier alpha value is -1.24. The summed E-state index contributed by atoms with van der Waals surface area (Å²) in [5.74, 6) is -2.12. The largest absolute Gasteiger partial charge is 0.481 e. The maximum atomic E-state index is 13.0. The number of aliphatic carboxylic acids is 1. The first-order valence-corrected chi connectivity index (χ1v) is 4.68. The zero-order valence-electron chi connectivity index (χ0n) is 7.97. The van der Waals surface area contributed by atoms with Gasteiger partial charge in [-0.05, 0) is 6.07 Å². The van der Waals surface area contributed by atoms with Crippen molar-refractivity contribution in [3.05, 3.63) is 28.8 Å². The molecule has 0 radical (unpaired) electrons. The first kappa shape index (κ1) is 12.8. The summed E-state index contributed by atoms with van der Waals surface area (Å²) in [6, 6.07) is 0.894. The number of nitrogens with zero attached hydrogens (tertiary/aromatic N) is 1. The van der Waals surface area contributed by atoms with Gasteiger partial charge in [-0.15, -0.1) is 0 Å². The summed E-state index contributed by atoms with van der Waals surface area (Å²) in [7, 11) is 0. The lowest BCUT2D eigenvalue weighted by atomic mass is 10.0. The van der Waals surface area contributed by atoms with E-state index in [0.717, 1.165) is 12.3 Å². The molecular formula is C9H9ClFNO4. The Morgan fingerprint density at radius 2 is 2.19 bits per heavy atom. The summed E-state index contributed by atoms with van der Waals surface area (Å²) in [5.41, 5.74) is -0.0318.